The highest BCUT2D eigenvalue weighted by Gasteiger charge is 2.17. The van der Waals surface area contributed by atoms with Gasteiger partial charge in [0.25, 0.3) is 5.91 Å². The molecular formula is C19H19FN4O. The summed E-state index contributed by atoms with van der Waals surface area (Å²) in [5.41, 5.74) is 3.27. The average molecular weight is 338 g/mol. The first-order valence-corrected chi connectivity index (χ1v) is 8.02. The molecule has 0 spiro atoms. The van der Waals surface area contributed by atoms with Crippen molar-refractivity contribution in [3.8, 4) is 0 Å². The number of carbonyl (C=O) groups is 1. The molecule has 0 saturated heterocycles. The zero-order chi connectivity index (χ0) is 17.8. The van der Waals surface area contributed by atoms with E-state index in [-0.39, 0.29) is 24.0 Å². The predicted octanol–water partition coefficient (Wildman–Crippen LogP) is 3.01. The Labute approximate surface area is 145 Å². The van der Waals surface area contributed by atoms with Crippen LogP contribution in [0.3, 0.4) is 0 Å². The van der Waals surface area contributed by atoms with E-state index in [0.717, 1.165) is 11.1 Å². The van der Waals surface area contributed by atoms with E-state index >= 15 is 0 Å². The van der Waals surface area contributed by atoms with Crippen LogP contribution >= 0.6 is 0 Å². The summed E-state index contributed by atoms with van der Waals surface area (Å²) in [6.07, 6.45) is 0. The van der Waals surface area contributed by atoms with Gasteiger partial charge in [0.2, 0.25) is 0 Å². The molecule has 2 aromatic carbocycles. The SMILES string of the molecule is Cc1cccc(F)c1CNC(=O)c1nnn(Cc2ccccc2)c1C. The van der Waals surface area contributed by atoms with Crippen LogP contribution in [0.25, 0.3) is 0 Å². The Morgan fingerprint density at radius 3 is 2.60 bits per heavy atom. The molecule has 1 N–H and O–H groups in total. The molecule has 1 heterocycles. The minimum atomic E-state index is -0.362. The lowest BCUT2D eigenvalue weighted by atomic mass is 10.1. The molecular weight excluding hydrogens is 319 g/mol. The van der Waals surface area contributed by atoms with Gasteiger partial charge in [0.05, 0.1) is 12.2 Å². The van der Waals surface area contributed by atoms with Crippen LogP contribution in [0.4, 0.5) is 4.39 Å². The van der Waals surface area contributed by atoms with E-state index < -0.39 is 0 Å². The molecule has 0 unspecified atom stereocenters. The Kier molecular flexibility index (Phi) is 4.88. The number of carbonyl (C=O) groups excluding carboxylic acids is 1. The van der Waals surface area contributed by atoms with Crippen molar-refractivity contribution in [2.24, 2.45) is 0 Å². The second kappa shape index (κ2) is 7.25. The molecule has 0 aliphatic rings. The predicted molar refractivity (Wildman–Crippen MR) is 92.6 cm³/mol. The van der Waals surface area contributed by atoms with Gasteiger partial charge >= 0.3 is 0 Å². The number of halogens is 1. The number of hydrogen-bond donors (Lipinski definition) is 1. The standard InChI is InChI=1S/C19H19FN4O/c1-13-7-6-10-17(20)16(13)11-21-19(25)18-14(2)24(23-22-18)12-15-8-4-3-5-9-15/h3-10H,11-12H2,1-2H3,(H,21,25). The van der Waals surface area contributed by atoms with E-state index in [1.54, 1.807) is 17.7 Å². The first-order valence-electron chi connectivity index (χ1n) is 8.02. The number of aromatic nitrogens is 3. The van der Waals surface area contributed by atoms with Crippen LogP contribution in [-0.4, -0.2) is 20.9 Å². The Balaban J connectivity index is 1.71. The van der Waals surface area contributed by atoms with E-state index in [1.807, 2.05) is 43.3 Å². The topological polar surface area (TPSA) is 59.8 Å². The van der Waals surface area contributed by atoms with Gasteiger partial charge in [-0.25, -0.2) is 9.07 Å². The monoisotopic (exact) mass is 338 g/mol. The van der Waals surface area contributed by atoms with Crippen LogP contribution in [0, 0.1) is 19.7 Å². The fourth-order valence-corrected chi connectivity index (χ4v) is 2.62. The number of benzene rings is 2. The Bertz CT molecular complexity index is 869. The van der Waals surface area contributed by atoms with Gasteiger partial charge in [-0.15, -0.1) is 5.10 Å². The lowest BCUT2D eigenvalue weighted by Gasteiger charge is -2.08. The van der Waals surface area contributed by atoms with Gasteiger partial charge in [-0.05, 0) is 31.0 Å². The fraction of sp³-hybridized carbons (Fsp3) is 0.211. The normalized spacial score (nSPS) is 10.7. The lowest BCUT2D eigenvalue weighted by Crippen LogP contribution is -2.25. The van der Waals surface area contributed by atoms with Crippen molar-refractivity contribution in [3.63, 3.8) is 0 Å². The maximum atomic E-state index is 13.8. The lowest BCUT2D eigenvalue weighted by molar-refractivity contribution is 0.0945. The third-order valence-corrected chi connectivity index (χ3v) is 4.15. The summed E-state index contributed by atoms with van der Waals surface area (Å²) in [7, 11) is 0. The molecule has 0 aliphatic heterocycles. The molecule has 6 heteroatoms. The molecule has 3 rings (SSSR count). The van der Waals surface area contributed by atoms with Gasteiger partial charge in [-0.1, -0.05) is 47.7 Å². The summed E-state index contributed by atoms with van der Waals surface area (Å²) in [6, 6.07) is 14.7. The molecule has 25 heavy (non-hydrogen) atoms. The van der Waals surface area contributed by atoms with Gasteiger partial charge < -0.3 is 5.32 Å². The average Bonchev–Trinajstić information content (AvgIpc) is 2.96. The Hall–Kier alpha value is -3.02. The van der Waals surface area contributed by atoms with Crippen molar-refractivity contribution < 1.29 is 9.18 Å². The minimum Gasteiger partial charge on any atom is -0.346 e. The zero-order valence-corrected chi connectivity index (χ0v) is 14.2. The van der Waals surface area contributed by atoms with E-state index in [0.29, 0.717) is 17.8 Å². The maximum Gasteiger partial charge on any atom is 0.274 e. The van der Waals surface area contributed by atoms with Gasteiger partial charge in [-0.3, -0.25) is 4.79 Å². The second-order valence-electron chi connectivity index (χ2n) is 5.88. The molecule has 5 nitrogen and oxygen atoms in total. The van der Waals surface area contributed by atoms with Crippen molar-refractivity contribution >= 4 is 5.91 Å². The number of hydrogen-bond acceptors (Lipinski definition) is 3. The number of aryl methyl sites for hydroxylation is 1. The summed E-state index contributed by atoms with van der Waals surface area (Å²) in [5, 5.41) is 10.8. The van der Waals surface area contributed by atoms with Crippen LogP contribution in [0.5, 0.6) is 0 Å². The van der Waals surface area contributed by atoms with Crippen molar-refractivity contribution in [1.82, 2.24) is 20.3 Å². The molecule has 0 fully saturated rings. The second-order valence-corrected chi connectivity index (χ2v) is 5.88. The van der Waals surface area contributed by atoms with Gasteiger partial charge in [-0.2, -0.15) is 0 Å². The first kappa shape index (κ1) is 16.8. The Morgan fingerprint density at radius 1 is 1.12 bits per heavy atom. The summed E-state index contributed by atoms with van der Waals surface area (Å²) in [6.45, 7) is 4.26. The summed E-state index contributed by atoms with van der Waals surface area (Å²) < 4.78 is 15.5. The molecule has 1 amide bonds. The van der Waals surface area contributed by atoms with Crippen LogP contribution < -0.4 is 5.32 Å². The number of nitrogens with one attached hydrogen (secondary N) is 1. The number of nitrogens with zero attached hydrogens (tertiary/aromatic N) is 3. The minimum absolute atomic E-state index is 0.113. The molecule has 0 atom stereocenters. The molecule has 3 aromatic rings. The van der Waals surface area contributed by atoms with E-state index in [4.69, 9.17) is 0 Å². The number of rotatable bonds is 5. The van der Waals surface area contributed by atoms with Crippen LogP contribution in [0.15, 0.2) is 48.5 Å². The zero-order valence-electron chi connectivity index (χ0n) is 14.2. The summed E-state index contributed by atoms with van der Waals surface area (Å²) in [5.74, 6) is -0.691. The molecule has 0 bridgehead atoms. The highest BCUT2D eigenvalue weighted by molar-refractivity contribution is 5.93. The quantitative estimate of drug-likeness (QED) is 0.778. The van der Waals surface area contributed by atoms with Crippen LogP contribution in [-0.2, 0) is 13.1 Å². The van der Waals surface area contributed by atoms with E-state index in [1.165, 1.54) is 6.07 Å². The largest absolute Gasteiger partial charge is 0.346 e. The molecule has 0 radical (unpaired) electrons. The van der Waals surface area contributed by atoms with Crippen molar-refractivity contribution in [2.45, 2.75) is 26.9 Å². The highest BCUT2D eigenvalue weighted by atomic mass is 19.1. The summed E-state index contributed by atoms with van der Waals surface area (Å²) in [4.78, 5) is 12.4. The van der Waals surface area contributed by atoms with Gasteiger partial charge in [0.15, 0.2) is 5.69 Å². The third-order valence-electron chi connectivity index (χ3n) is 4.15. The maximum absolute atomic E-state index is 13.8. The third kappa shape index (κ3) is 3.74. The van der Waals surface area contributed by atoms with Gasteiger partial charge in [0.1, 0.15) is 5.82 Å². The molecule has 0 saturated carbocycles. The van der Waals surface area contributed by atoms with E-state index in [9.17, 15) is 9.18 Å². The molecule has 0 aliphatic carbocycles. The van der Waals surface area contributed by atoms with Crippen molar-refractivity contribution in [2.75, 3.05) is 0 Å². The first-order chi connectivity index (χ1) is 12.1. The van der Waals surface area contributed by atoms with E-state index in [2.05, 4.69) is 15.6 Å². The summed E-state index contributed by atoms with van der Waals surface area (Å²) >= 11 is 0. The number of amides is 1. The van der Waals surface area contributed by atoms with Crippen LogP contribution in [0.2, 0.25) is 0 Å². The van der Waals surface area contributed by atoms with Crippen molar-refractivity contribution in [1.29, 1.82) is 0 Å². The smallest absolute Gasteiger partial charge is 0.274 e. The molecule has 1 aromatic heterocycles. The fourth-order valence-electron chi connectivity index (χ4n) is 2.62. The van der Waals surface area contributed by atoms with Crippen LogP contribution in [0.1, 0.15) is 32.9 Å². The molecule has 128 valence electrons. The Morgan fingerprint density at radius 2 is 1.88 bits per heavy atom. The van der Waals surface area contributed by atoms with Gasteiger partial charge in [0, 0.05) is 12.1 Å². The highest BCUT2D eigenvalue weighted by Crippen LogP contribution is 2.13. The van der Waals surface area contributed by atoms with Crippen molar-refractivity contribution in [3.05, 3.63) is 82.4 Å².